The summed E-state index contributed by atoms with van der Waals surface area (Å²) in [6.07, 6.45) is 0.561. The molecule has 5 nitrogen and oxygen atoms in total. The number of nitrogens with zero attached hydrogens (tertiary/aromatic N) is 1. The molecule has 2 aromatic rings. The highest BCUT2D eigenvalue weighted by molar-refractivity contribution is 6.00. The van der Waals surface area contributed by atoms with Crippen LogP contribution < -0.4 is 4.74 Å². The molecule has 26 heavy (non-hydrogen) atoms. The molecule has 1 aliphatic heterocycles. The summed E-state index contributed by atoms with van der Waals surface area (Å²) in [4.78, 5) is 25.5. The summed E-state index contributed by atoms with van der Waals surface area (Å²) in [5.41, 5.74) is 0.922. The highest BCUT2D eigenvalue weighted by Crippen LogP contribution is 2.28. The second-order valence-electron chi connectivity index (χ2n) is 6.81. The van der Waals surface area contributed by atoms with Gasteiger partial charge in [-0.15, -0.1) is 0 Å². The van der Waals surface area contributed by atoms with Crippen LogP contribution in [0.1, 0.15) is 35.3 Å². The Bertz CT molecular complexity index is 845. The lowest BCUT2D eigenvalue weighted by Gasteiger charge is -2.38. The highest BCUT2D eigenvalue weighted by atomic mass is 19.1. The third-order valence-corrected chi connectivity index (χ3v) is 4.67. The zero-order valence-corrected chi connectivity index (χ0v) is 14.7. The molecule has 1 heterocycles. The van der Waals surface area contributed by atoms with E-state index in [0.29, 0.717) is 30.9 Å². The number of hydrogen-bond donors (Lipinski definition) is 1. The molecule has 0 aliphatic carbocycles. The molecular weight excluding hydrogens is 337 g/mol. The smallest absolute Gasteiger partial charge is 0.329 e. The molecule has 136 valence electrons. The van der Waals surface area contributed by atoms with Crippen LogP contribution in [-0.2, 0) is 17.8 Å². The minimum absolute atomic E-state index is 0.288. The first-order chi connectivity index (χ1) is 12.3. The van der Waals surface area contributed by atoms with Gasteiger partial charge in [-0.1, -0.05) is 12.1 Å². The maximum absolute atomic E-state index is 12.9. The van der Waals surface area contributed by atoms with Crippen LogP contribution in [0.2, 0.25) is 0 Å². The highest BCUT2D eigenvalue weighted by Gasteiger charge is 2.40. The van der Waals surface area contributed by atoms with E-state index < -0.39 is 11.5 Å². The zero-order valence-electron chi connectivity index (χ0n) is 14.7. The van der Waals surface area contributed by atoms with Gasteiger partial charge in [-0.25, -0.2) is 9.18 Å². The molecule has 1 N–H and O–H groups in total. The molecular formula is C20H20FNO4. The maximum atomic E-state index is 12.9. The number of amides is 1. The second-order valence-corrected chi connectivity index (χ2v) is 6.81. The summed E-state index contributed by atoms with van der Waals surface area (Å²) in [7, 11) is 0. The number of carboxylic acids is 1. The summed E-state index contributed by atoms with van der Waals surface area (Å²) in [6, 6.07) is 11.2. The predicted octanol–water partition coefficient (Wildman–Crippen LogP) is 3.27. The number of carboxylic acid groups (broad SMARTS) is 1. The van der Waals surface area contributed by atoms with E-state index in [1.165, 1.54) is 30.9 Å². The molecule has 0 radical (unpaired) electrons. The van der Waals surface area contributed by atoms with Crippen molar-refractivity contribution in [1.82, 2.24) is 4.90 Å². The number of hydrogen-bond acceptors (Lipinski definition) is 3. The Labute approximate surface area is 151 Å². The number of halogens is 1. The van der Waals surface area contributed by atoms with Gasteiger partial charge in [0.25, 0.3) is 5.91 Å². The quantitative estimate of drug-likeness (QED) is 0.892. The van der Waals surface area contributed by atoms with Crippen molar-refractivity contribution in [2.75, 3.05) is 6.54 Å². The van der Waals surface area contributed by atoms with Crippen LogP contribution in [0.4, 0.5) is 4.39 Å². The van der Waals surface area contributed by atoms with E-state index in [-0.39, 0.29) is 11.7 Å². The zero-order chi connectivity index (χ0) is 18.9. The monoisotopic (exact) mass is 357 g/mol. The molecule has 2 aromatic carbocycles. The van der Waals surface area contributed by atoms with Gasteiger partial charge in [0.05, 0.1) is 0 Å². The molecule has 0 bridgehead atoms. The Kier molecular flexibility index (Phi) is 4.68. The molecule has 0 unspecified atom stereocenters. The van der Waals surface area contributed by atoms with Crippen molar-refractivity contribution in [3.05, 3.63) is 65.0 Å². The molecule has 3 rings (SSSR count). The van der Waals surface area contributed by atoms with E-state index in [4.69, 9.17) is 4.74 Å². The second kappa shape index (κ2) is 6.78. The van der Waals surface area contributed by atoms with Crippen LogP contribution in [0.3, 0.4) is 0 Å². The number of fused-ring (bicyclic) bond motifs is 1. The first kappa shape index (κ1) is 17.9. The Morgan fingerprint density at radius 3 is 2.58 bits per heavy atom. The van der Waals surface area contributed by atoms with Crippen molar-refractivity contribution in [1.29, 1.82) is 0 Å². The summed E-state index contributed by atoms with van der Waals surface area (Å²) >= 11 is 0. The Hall–Kier alpha value is -2.89. The van der Waals surface area contributed by atoms with Gasteiger partial charge in [-0.2, -0.15) is 0 Å². The molecule has 0 aromatic heterocycles. The van der Waals surface area contributed by atoms with E-state index in [2.05, 4.69) is 0 Å². The van der Waals surface area contributed by atoms with Crippen molar-refractivity contribution in [2.24, 2.45) is 0 Å². The molecule has 0 saturated heterocycles. The number of rotatable bonds is 5. The van der Waals surface area contributed by atoms with Gasteiger partial charge in [0.15, 0.2) is 0 Å². The van der Waals surface area contributed by atoms with E-state index in [0.717, 1.165) is 11.1 Å². The van der Waals surface area contributed by atoms with Crippen LogP contribution in [0.5, 0.6) is 5.75 Å². The van der Waals surface area contributed by atoms with Crippen molar-refractivity contribution in [3.8, 4) is 5.75 Å². The molecule has 6 heteroatoms. The van der Waals surface area contributed by atoms with Gasteiger partial charge >= 0.3 is 5.97 Å². The molecule has 0 fully saturated rings. The van der Waals surface area contributed by atoms with Gasteiger partial charge in [-0.05, 0) is 61.7 Å². The number of benzene rings is 2. The van der Waals surface area contributed by atoms with E-state index in [1.54, 1.807) is 24.3 Å². The van der Waals surface area contributed by atoms with E-state index in [9.17, 15) is 19.1 Å². The fraction of sp³-hybridized carbons (Fsp3) is 0.300. The summed E-state index contributed by atoms with van der Waals surface area (Å²) in [5.74, 6) is -1.00. The lowest BCUT2D eigenvalue weighted by atomic mass is 9.93. The van der Waals surface area contributed by atoms with Crippen LogP contribution >= 0.6 is 0 Å². The molecule has 1 aliphatic rings. The van der Waals surface area contributed by atoms with Gasteiger partial charge in [0.1, 0.15) is 23.7 Å². The van der Waals surface area contributed by atoms with Crippen LogP contribution in [0.15, 0.2) is 42.5 Å². The Morgan fingerprint density at radius 2 is 1.92 bits per heavy atom. The Morgan fingerprint density at radius 1 is 1.23 bits per heavy atom. The first-order valence-corrected chi connectivity index (χ1v) is 8.34. The standard InChI is InChI=1S/C20H20FNO4/c1-20(2,19(24)25)22-10-9-14-11-16(7-8-17(14)18(22)23)26-12-13-3-5-15(21)6-4-13/h3-8,11H,9-10,12H2,1-2H3,(H,24,25). The molecule has 0 atom stereocenters. The lowest BCUT2D eigenvalue weighted by molar-refractivity contribution is -0.147. The van der Waals surface area contributed by atoms with Gasteiger partial charge in [0, 0.05) is 12.1 Å². The van der Waals surface area contributed by atoms with Crippen LogP contribution in [-0.4, -0.2) is 34.0 Å². The third kappa shape index (κ3) is 3.40. The maximum Gasteiger partial charge on any atom is 0.329 e. The van der Waals surface area contributed by atoms with Gasteiger partial charge in [-0.3, -0.25) is 4.79 Å². The minimum atomic E-state index is -1.26. The minimum Gasteiger partial charge on any atom is -0.489 e. The first-order valence-electron chi connectivity index (χ1n) is 8.34. The normalized spacial score (nSPS) is 14.1. The fourth-order valence-electron chi connectivity index (χ4n) is 2.95. The third-order valence-electron chi connectivity index (χ3n) is 4.67. The van der Waals surface area contributed by atoms with E-state index >= 15 is 0 Å². The SMILES string of the molecule is CC(C)(C(=O)O)N1CCc2cc(OCc3ccc(F)cc3)ccc2C1=O. The van der Waals surface area contributed by atoms with Crippen molar-refractivity contribution in [2.45, 2.75) is 32.4 Å². The number of carbonyl (C=O) groups is 2. The molecule has 0 saturated carbocycles. The number of aliphatic carboxylic acids is 1. The molecule has 0 spiro atoms. The van der Waals surface area contributed by atoms with Crippen LogP contribution in [0, 0.1) is 5.82 Å². The van der Waals surface area contributed by atoms with Crippen molar-refractivity contribution in [3.63, 3.8) is 0 Å². The Balaban J connectivity index is 1.75. The average molecular weight is 357 g/mol. The fourth-order valence-corrected chi connectivity index (χ4v) is 2.95. The predicted molar refractivity (Wildman–Crippen MR) is 93.6 cm³/mol. The van der Waals surface area contributed by atoms with Crippen molar-refractivity contribution >= 4 is 11.9 Å². The molecule has 1 amide bonds. The van der Waals surface area contributed by atoms with E-state index in [1.807, 2.05) is 6.07 Å². The lowest BCUT2D eigenvalue weighted by Crippen LogP contribution is -2.55. The average Bonchev–Trinajstić information content (AvgIpc) is 2.61. The topological polar surface area (TPSA) is 66.8 Å². The summed E-state index contributed by atoms with van der Waals surface area (Å²) in [5, 5.41) is 9.36. The number of carbonyl (C=O) groups excluding carboxylic acids is 1. The van der Waals surface area contributed by atoms with Crippen molar-refractivity contribution < 1.29 is 23.8 Å². The van der Waals surface area contributed by atoms with Gasteiger partial charge in [0.2, 0.25) is 0 Å². The van der Waals surface area contributed by atoms with Gasteiger partial charge < -0.3 is 14.7 Å². The summed E-state index contributed by atoms with van der Waals surface area (Å²) < 4.78 is 18.7. The number of ether oxygens (including phenoxy) is 1. The largest absolute Gasteiger partial charge is 0.489 e. The van der Waals surface area contributed by atoms with Crippen LogP contribution in [0.25, 0.3) is 0 Å². The summed E-state index contributed by atoms with van der Waals surface area (Å²) in [6.45, 7) is 3.69.